The second kappa shape index (κ2) is 9.98. The number of hydrogen-bond donors (Lipinski definition) is 1. The van der Waals surface area contributed by atoms with Gasteiger partial charge in [0.2, 0.25) is 0 Å². The first-order valence-corrected chi connectivity index (χ1v) is 8.14. The monoisotopic (exact) mass is 294 g/mol. The maximum Gasteiger partial charge on any atom is 0.154 e. The van der Waals surface area contributed by atoms with Crippen LogP contribution < -0.4 is 5.43 Å². The molecule has 0 saturated heterocycles. The largest absolute Gasteiger partial charge is 0.262 e. The minimum absolute atomic E-state index is 0.750. The van der Waals surface area contributed by atoms with Gasteiger partial charge in [0.15, 0.2) is 4.32 Å². The standard InChI is InChI=1S/C15H22N2S2/c1-3-4-5-6-11-19-15(18)17-16-12-14-9-7-13(2)8-10-14/h7-10,12H,3-6,11H2,1-2H3,(H,17,18)/b16-12+. The fraction of sp³-hybridized carbons (Fsp3) is 0.467. The van der Waals surface area contributed by atoms with Crippen molar-refractivity contribution in [1.82, 2.24) is 5.43 Å². The van der Waals surface area contributed by atoms with Gasteiger partial charge in [0.1, 0.15) is 0 Å². The molecule has 19 heavy (non-hydrogen) atoms. The molecule has 0 spiro atoms. The van der Waals surface area contributed by atoms with Crippen LogP contribution in [0.25, 0.3) is 0 Å². The lowest BCUT2D eigenvalue weighted by atomic mass is 10.2. The van der Waals surface area contributed by atoms with Crippen molar-refractivity contribution in [2.75, 3.05) is 5.75 Å². The Morgan fingerprint density at radius 2 is 2.00 bits per heavy atom. The zero-order chi connectivity index (χ0) is 13.9. The average Bonchev–Trinajstić information content (AvgIpc) is 2.41. The van der Waals surface area contributed by atoms with E-state index in [1.165, 1.54) is 31.2 Å². The van der Waals surface area contributed by atoms with Gasteiger partial charge in [-0.05, 0) is 18.9 Å². The zero-order valence-corrected chi connectivity index (χ0v) is 13.3. The summed E-state index contributed by atoms with van der Waals surface area (Å²) in [6.07, 6.45) is 6.89. The highest BCUT2D eigenvalue weighted by atomic mass is 32.2. The first-order chi connectivity index (χ1) is 9.22. The lowest BCUT2D eigenvalue weighted by molar-refractivity contribution is 0.707. The molecule has 0 saturated carbocycles. The highest BCUT2D eigenvalue weighted by Crippen LogP contribution is 2.08. The van der Waals surface area contributed by atoms with Crippen molar-refractivity contribution < 1.29 is 0 Å². The smallest absolute Gasteiger partial charge is 0.154 e. The molecule has 2 nitrogen and oxygen atoms in total. The van der Waals surface area contributed by atoms with Gasteiger partial charge in [-0.15, -0.1) is 0 Å². The number of aryl methyl sites for hydroxylation is 1. The summed E-state index contributed by atoms with van der Waals surface area (Å²) >= 11 is 6.88. The molecule has 0 amide bonds. The minimum atomic E-state index is 0.750. The molecule has 0 heterocycles. The lowest BCUT2D eigenvalue weighted by Crippen LogP contribution is -2.11. The van der Waals surface area contributed by atoms with Gasteiger partial charge >= 0.3 is 0 Å². The molecule has 0 atom stereocenters. The Morgan fingerprint density at radius 1 is 1.26 bits per heavy atom. The van der Waals surface area contributed by atoms with Gasteiger partial charge < -0.3 is 0 Å². The van der Waals surface area contributed by atoms with Crippen molar-refractivity contribution in [2.45, 2.75) is 39.5 Å². The summed E-state index contributed by atoms with van der Waals surface area (Å²) in [6, 6.07) is 8.23. The first-order valence-electron chi connectivity index (χ1n) is 6.75. The van der Waals surface area contributed by atoms with Gasteiger partial charge in [0.05, 0.1) is 6.21 Å². The van der Waals surface area contributed by atoms with E-state index >= 15 is 0 Å². The summed E-state index contributed by atoms with van der Waals surface area (Å²) in [6.45, 7) is 4.29. The average molecular weight is 294 g/mol. The van der Waals surface area contributed by atoms with Crippen molar-refractivity contribution in [3.63, 3.8) is 0 Å². The topological polar surface area (TPSA) is 24.4 Å². The number of rotatable bonds is 7. The van der Waals surface area contributed by atoms with Crippen molar-refractivity contribution in [3.8, 4) is 0 Å². The second-order valence-corrected chi connectivity index (χ2v) is 6.25. The molecule has 1 aromatic carbocycles. The number of benzene rings is 1. The summed E-state index contributed by atoms with van der Waals surface area (Å²) < 4.78 is 0.750. The van der Waals surface area contributed by atoms with Crippen LogP contribution in [-0.4, -0.2) is 16.3 Å². The van der Waals surface area contributed by atoms with E-state index in [-0.39, 0.29) is 0 Å². The Bertz CT molecular complexity index is 399. The number of hydrazone groups is 1. The van der Waals surface area contributed by atoms with Crippen LogP contribution in [0.15, 0.2) is 29.4 Å². The first kappa shape index (κ1) is 16.2. The summed E-state index contributed by atoms with van der Waals surface area (Å²) in [5.41, 5.74) is 5.23. The fourth-order valence-electron chi connectivity index (χ4n) is 1.54. The van der Waals surface area contributed by atoms with Gasteiger partial charge in [-0.3, -0.25) is 5.43 Å². The van der Waals surface area contributed by atoms with Crippen LogP contribution in [0.2, 0.25) is 0 Å². The zero-order valence-electron chi connectivity index (χ0n) is 11.7. The van der Waals surface area contributed by atoms with Crippen LogP contribution >= 0.6 is 24.0 Å². The van der Waals surface area contributed by atoms with E-state index in [4.69, 9.17) is 12.2 Å². The van der Waals surface area contributed by atoms with Crippen LogP contribution in [0.5, 0.6) is 0 Å². The van der Waals surface area contributed by atoms with Crippen molar-refractivity contribution >= 4 is 34.5 Å². The van der Waals surface area contributed by atoms with E-state index in [0.29, 0.717) is 0 Å². The normalized spacial score (nSPS) is 10.8. The van der Waals surface area contributed by atoms with Crippen LogP contribution in [-0.2, 0) is 0 Å². The summed E-state index contributed by atoms with van der Waals surface area (Å²) in [7, 11) is 0. The van der Waals surface area contributed by atoms with Crippen LogP contribution in [0.4, 0.5) is 0 Å². The Morgan fingerprint density at radius 3 is 2.68 bits per heavy atom. The molecule has 1 aromatic rings. The number of unbranched alkanes of at least 4 members (excludes halogenated alkanes) is 3. The maximum absolute atomic E-state index is 5.21. The van der Waals surface area contributed by atoms with Gasteiger partial charge in [0, 0.05) is 5.75 Å². The Labute approximate surface area is 126 Å². The third-order valence-electron chi connectivity index (χ3n) is 2.68. The molecule has 0 radical (unpaired) electrons. The Balaban J connectivity index is 2.17. The number of nitrogens with one attached hydrogen (secondary N) is 1. The number of thiocarbonyl (C=S) groups is 1. The van der Waals surface area contributed by atoms with Gasteiger partial charge in [-0.2, -0.15) is 5.10 Å². The lowest BCUT2D eigenvalue weighted by Gasteiger charge is -2.02. The predicted molar refractivity (Wildman–Crippen MR) is 91.1 cm³/mol. The SMILES string of the molecule is CCCCCCSC(=S)N/N=C/c1ccc(C)cc1. The molecule has 0 unspecified atom stereocenters. The molecule has 0 fully saturated rings. The van der Waals surface area contributed by atoms with E-state index in [1.54, 1.807) is 18.0 Å². The molecule has 1 rings (SSSR count). The molecule has 0 aliphatic carbocycles. The molecule has 1 N–H and O–H groups in total. The number of nitrogens with zero attached hydrogens (tertiary/aromatic N) is 1. The molecule has 0 bridgehead atoms. The van der Waals surface area contributed by atoms with Crippen molar-refractivity contribution in [2.24, 2.45) is 5.10 Å². The molecule has 104 valence electrons. The Kier molecular flexibility index (Phi) is 8.50. The number of thioether (sulfide) groups is 1. The molecular formula is C15H22N2S2. The molecule has 0 aliphatic rings. The second-order valence-electron chi connectivity index (χ2n) is 4.48. The predicted octanol–water partition coefficient (Wildman–Crippen LogP) is 4.52. The van der Waals surface area contributed by atoms with E-state index in [2.05, 4.69) is 36.5 Å². The van der Waals surface area contributed by atoms with Gasteiger partial charge in [-0.25, -0.2) is 0 Å². The van der Waals surface area contributed by atoms with Crippen LogP contribution in [0.1, 0.15) is 43.7 Å². The number of hydrogen-bond acceptors (Lipinski definition) is 3. The molecule has 4 heteroatoms. The van der Waals surface area contributed by atoms with Crippen molar-refractivity contribution in [1.29, 1.82) is 0 Å². The summed E-state index contributed by atoms with van der Waals surface area (Å²) in [4.78, 5) is 0. The maximum atomic E-state index is 5.21. The third-order valence-corrected chi connectivity index (χ3v) is 3.97. The van der Waals surface area contributed by atoms with E-state index in [0.717, 1.165) is 15.6 Å². The highest BCUT2D eigenvalue weighted by Gasteiger charge is 1.95. The fourth-order valence-corrected chi connectivity index (χ4v) is 2.49. The van der Waals surface area contributed by atoms with Gasteiger partial charge in [-0.1, -0.05) is 80.0 Å². The highest BCUT2D eigenvalue weighted by molar-refractivity contribution is 8.22. The van der Waals surface area contributed by atoms with Crippen LogP contribution in [0, 0.1) is 6.92 Å². The molecule has 0 aliphatic heterocycles. The van der Waals surface area contributed by atoms with Crippen LogP contribution in [0.3, 0.4) is 0 Å². The molecule has 0 aromatic heterocycles. The third kappa shape index (κ3) is 8.01. The van der Waals surface area contributed by atoms with E-state index in [9.17, 15) is 0 Å². The molecular weight excluding hydrogens is 272 g/mol. The quantitative estimate of drug-likeness (QED) is 0.346. The minimum Gasteiger partial charge on any atom is -0.262 e. The summed E-state index contributed by atoms with van der Waals surface area (Å²) in [5.74, 6) is 1.08. The Hall–Kier alpha value is -0.870. The van der Waals surface area contributed by atoms with E-state index < -0.39 is 0 Å². The van der Waals surface area contributed by atoms with Crippen molar-refractivity contribution in [3.05, 3.63) is 35.4 Å². The summed E-state index contributed by atoms with van der Waals surface area (Å²) in [5, 5.41) is 4.15. The van der Waals surface area contributed by atoms with E-state index in [1.807, 2.05) is 12.1 Å². The van der Waals surface area contributed by atoms with Gasteiger partial charge in [0.25, 0.3) is 0 Å².